The van der Waals surface area contributed by atoms with Crippen molar-refractivity contribution in [3.8, 4) is 0 Å². The molecule has 0 bridgehead atoms. The zero-order valence-corrected chi connectivity index (χ0v) is 19.5. The Morgan fingerprint density at radius 1 is 0.943 bits per heavy atom. The van der Waals surface area contributed by atoms with E-state index in [4.69, 9.17) is 0 Å². The molecular weight excluding hydrogens is 449 g/mol. The maximum Gasteiger partial charge on any atom is 0.246 e. The van der Waals surface area contributed by atoms with E-state index in [0.29, 0.717) is 18.7 Å². The number of halogens is 1. The number of hydrogen-bond acceptors (Lipinski definition) is 4. The number of anilines is 1. The van der Waals surface area contributed by atoms with Crippen molar-refractivity contribution in [1.29, 1.82) is 0 Å². The summed E-state index contributed by atoms with van der Waals surface area (Å²) in [5.41, 5.74) is -0.359. The third-order valence-electron chi connectivity index (χ3n) is 7.51. The Hall–Kier alpha value is -3.55. The summed E-state index contributed by atoms with van der Waals surface area (Å²) in [5, 5.41) is 0. The molecule has 0 N–H and O–H groups in total. The van der Waals surface area contributed by atoms with Crippen LogP contribution in [0.2, 0.25) is 0 Å². The number of rotatable bonds is 5. The second kappa shape index (κ2) is 9.24. The molecular formula is C27H28FN3O4. The monoisotopic (exact) mass is 477 g/mol. The summed E-state index contributed by atoms with van der Waals surface area (Å²) in [7, 11) is 0. The number of piperazine rings is 1. The number of amides is 4. The molecule has 1 atom stereocenters. The lowest BCUT2D eigenvalue weighted by atomic mass is 9.75. The van der Waals surface area contributed by atoms with E-state index in [1.165, 1.54) is 28.0 Å². The van der Waals surface area contributed by atoms with Crippen molar-refractivity contribution in [3.63, 3.8) is 0 Å². The lowest BCUT2D eigenvalue weighted by Crippen LogP contribution is -2.54. The molecule has 0 unspecified atom stereocenters. The van der Waals surface area contributed by atoms with Gasteiger partial charge < -0.3 is 9.80 Å². The molecule has 5 rings (SSSR count). The maximum absolute atomic E-state index is 14.2. The van der Waals surface area contributed by atoms with E-state index >= 15 is 0 Å². The topological polar surface area (TPSA) is 78.0 Å². The van der Waals surface area contributed by atoms with Crippen LogP contribution in [0.1, 0.15) is 44.1 Å². The van der Waals surface area contributed by atoms with Crippen molar-refractivity contribution in [2.45, 2.75) is 50.0 Å². The van der Waals surface area contributed by atoms with Crippen LogP contribution in [0.3, 0.4) is 0 Å². The fraction of sp³-hybridized carbons (Fsp3) is 0.407. The van der Waals surface area contributed by atoms with Crippen LogP contribution < -0.4 is 4.90 Å². The highest BCUT2D eigenvalue weighted by molar-refractivity contribution is 6.11. The van der Waals surface area contributed by atoms with Gasteiger partial charge in [0.25, 0.3) is 0 Å². The number of imide groups is 1. The van der Waals surface area contributed by atoms with E-state index in [1.54, 1.807) is 11.0 Å². The van der Waals surface area contributed by atoms with Gasteiger partial charge >= 0.3 is 0 Å². The Morgan fingerprint density at radius 2 is 1.69 bits per heavy atom. The molecule has 2 saturated heterocycles. The first-order valence-electron chi connectivity index (χ1n) is 12.1. The molecule has 0 aromatic heterocycles. The molecule has 3 fully saturated rings. The average Bonchev–Trinajstić information content (AvgIpc) is 3.46. The number of likely N-dealkylation sites (tertiary alicyclic amines) is 1. The van der Waals surface area contributed by atoms with Gasteiger partial charge in [0.1, 0.15) is 12.4 Å². The molecule has 2 aliphatic heterocycles. The summed E-state index contributed by atoms with van der Waals surface area (Å²) < 4.78 is 14.2. The van der Waals surface area contributed by atoms with Crippen LogP contribution in [0.4, 0.5) is 10.1 Å². The number of hydrogen-bond donors (Lipinski definition) is 0. The first-order chi connectivity index (χ1) is 16.9. The highest BCUT2D eigenvalue weighted by atomic mass is 19.1. The molecule has 0 spiro atoms. The van der Waals surface area contributed by atoms with E-state index in [9.17, 15) is 23.6 Å². The molecule has 0 radical (unpaired) electrons. The standard InChI is InChI=1S/C27H28FN3O4/c28-20-8-6-7-19(15-20)27(17-24(33)31(26(27)35)22-11-4-5-12-22)16-23(32)29-13-14-30(25(34)18-29)21-9-2-1-3-10-21/h1-3,6-10,15,22H,4-5,11-14,16-18H2/t27-/m0/s1. The molecule has 3 aliphatic rings. The van der Waals surface area contributed by atoms with E-state index in [0.717, 1.165) is 31.4 Å². The largest absolute Gasteiger partial charge is 0.332 e. The Morgan fingerprint density at radius 3 is 2.37 bits per heavy atom. The lowest BCUT2D eigenvalue weighted by molar-refractivity contribution is -0.145. The second-order valence-corrected chi connectivity index (χ2v) is 9.65. The molecule has 35 heavy (non-hydrogen) atoms. The molecule has 4 amide bonds. The van der Waals surface area contributed by atoms with E-state index in [-0.39, 0.29) is 43.1 Å². The number of benzene rings is 2. The summed E-state index contributed by atoms with van der Waals surface area (Å²) >= 11 is 0. The highest BCUT2D eigenvalue weighted by Crippen LogP contribution is 2.43. The molecule has 1 aliphatic carbocycles. The number of carbonyl (C=O) groups is 4. The van der Waals surface area contributed by atoms with Gasteiger partial charge in [0.2, 0.25) is 23.6 Å². The zero-order chi connectivity index (χ0) is 24.6. The summed E-state index contributed by atoms with van der Waals surface area (Å²) in [5.74, 6) is -1.87. The lowest BCUT2D eigenvalue weighted by Gasteiger charge is -2.36. The van der Waals surface area contributed by atoms with Crippen molar-refractivity contribution in [2.75, 3.05) is 24.5 Å². The van der Waals surface area contributed by atoms with Gasteiger partial charge in [-0.05, 0) is 42.7 Å². The summed E-state index contributed by atoms with van der Waals surface area (Å²) in [6.07, 6.45) is 2.95. The van der Waals surface area contributed by atoms with Gasteiger partial charge in [-0.2, -0.15) is 0 Å². The molecule has 182 valence electrons. The van der Waals surface area contributed by atoms with Crippen LogP contribution in [-0.2, 0) is 24.6 Å². The zero-order valence-electron chi connectivity index (χ0n) is 19.5. The van der Waals surface area contributed by atoms with Crippen LogP contribution in [0.5, 0.6) is 0 Å². The molecule has 2 aromatic carbocycles. The van der Waals surface area contributed by atoms with Gasteiger partial charge in [-0.3, -0.25) is 24.1 Å². The Balaban J connectivity index is 1.40. The van der Waals surface area contributed by atoms with Gasteiger partial charge in [0.05, 0.1) is 5.41 Å². The summed E-state index contributed by atoms with van der Waals surface area (Å²) in [4.78, 5) is 57.6. The first-order valence-corrected chi connectivity index (χ1v) is 12.1. The van der Waals surface area contributed by atoms with Crippen molar-refractivity contribution >= 4 is 29.3 Å². The Labute approximate surface area is 203 Å². The first kappa shape index (κ1) is 23.2. The average molecular weight is 478 g/mol. The van der Waals surface area contributed by atoms with E-state index < -0.39 is 17.1 Å². The SMILES string of the molecule is O=C(C[C@@]1(c2cccc(F)c2)CC(=O)N(C2CCCC2)C1=O)N1CCN(c2ccccc2)C(=O)C1. The summed E-state index contributed by atoms with van der Waals surface area (Å²) in [6, 6.07) is 14.7. The van der Waals surface area contributed by atoms with Gasteiger partial charge in [0.15, 0.2) is 0 Å². The number of nitrogens with zero attached hydrogens (tertiary/aromatic N) is 3. The van der Waals surface area contributed by atoms with Crippen LogP contribution in [0.15, 0.2) is 54.6 Å². The molecule has 2 aromatic rings. The quantitative estimate of drug-likeness (QED) is 0.621. The van der Waals surface area contributed by atoms with Crippen LogP contribution >= 0.6 is 0 Å². The van der Waals surface area contributed by atoms with Crippen LogP contribution in [0.25, 0.3) is 0 Å². The third-order valence-corrected chi connectivity index (χ3v) is 7.51. The molecule has 8 heteroatoms. The minimum Gasteiger partial charge on any atom is -0.332 e. The predicted octanol–water partition coefficient (Wildman–Crippen LogP) is 3.03. The predicted molar refractivity (Wildman–Crippen MR) is 127 cm³/mol. The van der Waals surface area contributed by atoms with E-state index in [2.05, 4.69) is 0 Å². The number of carbonyl (C=O) groups excluding carboxylic acids is 4. The van der Waals surface area contributed by atoms with Gasteiger partial charge in [-0.25, -0.2) is 4.39 Å². The van der Waals surface area contributed by atoms with Crippen molar-refractivity contribution in [1.82, 2.24) is 9.80 Å². The van der Waals surface area contributed by atoms with Crippen molar-refractivity contribution < 1.29 is 23.6 Å². The fourth-order valence-corrected chi connectivity index (χ4v) is 5.68. The van der Waals surface area contributed by atoms with Crippen LogP contribution in [0, 0.1) is 5.82 Å². The molecule has 1 saturated carbocycles. The van der Waals surface area contributed by atoms with Crippen molar-refractivity contribution in [2.24, 2.45) is 0 Å². The Kier molecular flexibility index (Phi) is 6.13. The minimum absolute atomic E-state index is 0.110. The Bertz CT molecular complexity index is 1160. The minimum atomic E-state index is -1.46. The number of para-hydroxylation sites is 1. The summed E-state index contributed by atoms with van der Waals surface area (Å²) in [6.45, 7) is 0.539. The van der Waals surface area contributed by atoms with Gasteiger partial charge in [0, 0.05) is 37.7 Å². The maximum atomic E-state index is 14.2. The molecule has 7 nitrogen and oxygen atoms in total. The molecule has 2 heterocycles. The smallest absolute Gasteiger partial charge is 0.246 e. The van der Waals surface area contributed by atoms with E-state index in [1.807, 2.05) is 30.3 Å². The van der Waals surface area contributed by atoms with Crippen LogP contribution in [-0.4, -0.2) is 59.1 Å². The fourth-order valence-electron chi connectivity index (χ4n) is 5.68. The normalized spacial score (nSPS) is 23.5. The van der Waals surface area contributed by atoms with Gasteiger partial charge in [-0.1, -0.05) is 43.2 Å². The third kappa shape index (κ3) is 4.22. The van der Waals surface area contributed by atoms with Gasteiger partial charge in [-0.15, -0.1) is 0 Å². The second-order valence-electron chi connectivity index (χ2n) is 9.65. The highest BCUT2D eigenvalue weighted by Gasteiger charge is 2.56. The van der Waals surface area contributed by atoms with Crippen molar-refractivity contribution in [3.05, 3.63) is 66.0 Å².